The van der Waals surface area contributed by atoms with Gasteiger partial charge in [0.05, 0.1) is 28.7 Å². The SMILES string of the molecule is CN(C)CCS(O)(O)c1ccc(-c2cncc(-c3nnc(-c4ccc(O)cc4)o3)n2)cc1. The maximum atomic E-state index is 10.4. The van der Waals surface area contributed by atoms with Gasteiger partial charge in [0, 0.05) is 17.7 Å². The van der Waals surface area contributed by atoms with E-state index in [0.29, 0.717) is 34.3 Å². The first-order valence-corrected chi connectivity index (χ1v) is 11.5. The molecule has 0 unspecified atom stereocenters. The third-order valence-corrected chi connectivity index (χ3v) is 6.52. The summed E-state index contributed by atoms with van der Waals surface area (Å²) in [6.07, 6.45) is 3.14. The molecular formula is C22H23N5O4S. The average molecular weight is 454 g/mol. The molecule has 2 aromatic heterocycles. The Morgan fingerprint density at radius 1 is 0.844 bits per heavy atom. The van der Waals surface area contributed by atoms with E-state index in [4.69, 9.17) is 4.42 Å². The molecule has 2 aromatic carbocycles. The lowest BCUT2D eigenvalue weighted by atomic mass is 10.1. The van der Waals surface area contributed by atoms with E-state index in [9.17, 15) is 14.2 Å². The van der Waals surface area contributed by atoms with Crippen molar-refractivity contribution in [2.45, 2.75) is 4.90 Å². The summed E-state index contributed by atoms with van der Waals surface area (Å²) in [5.74, 6) is 0.947. The van der Waals surface area contributed by atoms with Crippen LogP contribution in [-0.4, -0.2) is 65.7 Å². The Kier molecular flexibility index (Phi) is 6.19. The molecule has 0 bridgehead atoms. The first-order valence-electron chi connectivity index (χ1n) is 9.78. The van der Waals surface area contributed by atoms with E-state index >= 15 is 0 Å². The molecule has 9 nitrogen and oxygen atoms in total. The van der Waals surface area contributed by atoms with Crippen molar-refractivity contribution in [3.8, 4) is 40.0 Å². The van der Waals surface area contributed by atoms with Crippen LogP contribution in [0, 0.1) is 0 Å². The Bertz CT molecular complexity index is 1190. The molecule has 0 fully saturated rings. The van der Waals surface area contributed by atoms with E-state index in [2.05, 4.69) is 20.2 Å². The van der Waals surface area contributed by atoms with Gasteiger partial charge >= 0.3 is 0 Å². The van der Waals surface area contributed by atoms with Gasteiger partial charge in [-0.1, -0.05) is 12.1 Å². The van der Waals surface area contributed by atoms with Gasteiger partial charge in [-0.15, -0.1) is 10.2 Å². The van der Waals surface area contributed by atoms with Crippen molar-refractivity contribution in [1.29, 1.82) is 0 Å². The smallest absolute Gasteiger partial charge is 0.268 e. The summed E-state index contributed by atoms with van der Waals surface area (Å²) in [6, 6.07) is 13.4. The fraction of sp³-hybridized carbons (Fsp3) is 0.182. The van der Waals surface area contributed by atoms with Crippen LogP contribution in [0.25, 0.3) is 34.3 Å². The third-order valence-electron chi connectivity index (χ3n) is 4.74. The molecule has 0 radical (unpaired) electrons. The number of phenols is 1. The number of hydrogen-bond donors (Lipinski definition) is 3. The molecule has 3 N–H and O–H groups in total. The van der Waals surface area contributed by atoms with E-state index in [0.717, 1.165) is 5.56 Å². The van der Waals surface area contributed by atoms with Crippen LogP contribution in [0.15, 0.2) is 70.2 Å². The van der Waals surface area contributed by atoms with Gasteiger partial charge in [-0.2, -0.15) is 10.6 Å². The zero-order chi connectivity index (χ0) is 22.7. The van der Waals surface area contributed by atoms with Crippen molar-refractivity contribution >= 4 is 10.6 Å². The zero-order valence-electron chi connectivity index (χ0n) is 17.6. The highest BCUT2D eigenvalue weighted by Gasteiger charge is 2.17. The Morgan fingerprint density at radius 2 is 1.47 bits per heavy atom. The first-order chi connectivity index (χ1) is 15.3. The van der Waals surface area contributed by atoms with Crippen molar-refractivity contribution in [2.75, 3.05) is 26.4 Å². The van der Waals surface area contributed by atoms with Crippen LogP contribution in [0.1, 0.15) is 0 Å². The minimum absolute atomic E-state index is 0.150. The van der Waals surface area contributed by atoms with Crippen molar-refractivity contribution < 1.29 is 18.6 Å². The quantitative estimate of drug-likeness (QED) is 0.376. The molecule has 10 heteroatoms. The van der Waals surface area contributed by atoms with E-state index in [1.165, 1.54) is 6.20 Å². The maximum absolute atomic E-state index is 10.4. The summed E-state index contributed by atoms with van der Waals surface area (Å²) < 4.78 is 26.6. The van der Waals surface area contributed by atoms with E-state index in [-0.39, 0.29) is 17.4 Å². The number of nitrogens with zero attached hydrogens (tertiary/aromatic N) is 5. The number of aromatic nitrogens is 4. The predicted molar refractivity (Wildman–Crippen MR) is 122 cm³/mol. The van der Waals surface area contributed by atoms with Crippen molar-refractivity contribution in [3.63, 3.8) is 0 Å². The maximum Gasteiger partial charge on any atom is 0.268 e. The lowest BCUT2D eigenvalue weighted by Crippen LogP contribution is -2.20. The molecule has 0 aliphatic rings. The highest BCUT2D eigenvalue weighted by molar-refractivity contribution is 8.24. The van der Waals surface area contributed by atoms with Gasteiger partial charge in [0.25, 0.3) is 5.89 Å². The van der Waals surface area contributed by atoms with Crippen LogP contribution in [0.2, 0.25) is 0 Å². The largest absolute Gasteiger partial charge is 0.508 e. The Balaban J connectivity index is 1.55. The fourth-order valence-corrected chi connectivity index (χ4v) is 4.35. The number of benzene rings is 2. The third kappa shape index (κ3) is 4.94. The summed E-state index contributed by atoms with van der Waals surface area (Å²) in [5.41, 5.74) is 2.45. The molecule has 4 aromatic rings. The standard InChI is InChI=1S/C22H23N5O4S/c1-27(2)11-12-32(29,30)18-9-5-15(6-10-18)19-13-23-14-20(24-19)22-26-25-21(31-22)16-3-7-17(28)8-4-16/h3-10,13-14,28-30H,11-12H2,1-2H3. The van der Waals surface area contributed by atoms with E-state index in [1.54, 1.807) is 54.7 Å². The molecular weight excluding hydrogens is 430 g/mol. The Morgan fingerprint density at radius 3 is 2.16 bits per heavy atom. The van der Waals surface area contributed by atoms with Crippen molar-refractivity contribution in [3.05, 3.63) is 60.9 Å². The summed E-state index contributed by atoms with van der Waals surface area (Å²) in [7, 11) is 0.922. The van der Waals surface area contributed by atoms with Crippen molar-refractivity contribution in [1.82, 2.24) is 25.1 Å². The van der Waals surface area contributed by atoms with Gasteiger partial charge < -0.3 is 14.4 Å². The summed E-state index contributed by atoms with van der Waals surface area (Å²) >= 11 is 0. The second-order valence-electron chi connectivity index (χ2n) is 7.45. The summed E-state index contributed by atoms with van der Waals surface area (Å²) in [4.78, 5) is 11.2. The van der Waals surface area contributed by atoms with Gasteiger partial charge in [-0.05, 0) is 50.5 Å². The van der Waals surface area contributed by atoms with E-state index in [1.807, 2.05) is 19.0 Å². The first kappa shape index (κ1) is 21.9. The lowest BCUT2D eigenvalue weighted by molar-refractivity contribution is 0.417. The van der Waals surface area contributed by atoms with Gasteiger partial charge in [-0.3, -0.25) is 14.1 Å². The van der Waals surface area contributed by atoms with Crippen LogP contribution in [0.3, 0.4) is 0 Å². The summed E-state index contributed by atoms with van der Waals surface area (Å²) in [6.45, 7) is 0.577. The highest BCUT2D eigenvalue weighted by atomic mass is 32.3. The molecule has 0 atom stereocenters. The number of aromatic hydroxyl groups is 1. The fourth-order valence-electron chi connectivity index (χ4n) is 2.93. The van der Waals surface area contributed by atoms with Gasteiger partial charge in [-0.25, -0.2) is 4.98 Å². The predicted octanol–water partition coefficient (Wildman–Crippen LogP) is 4.24. The lowest BCUT2D eigenvalue weighted by Gasteiger charge is -2.33. The van der Waals surface area contributed by atoms with Crippen LogP contribution < -0.4 is 0 Å². The van der Waals surface area contributed by atoms with Crippen LogP contribution in [-0.2, 0) is 0 Å². The van der Waals surface area contributed by atoms with Crippen LogP contribution in [0.5, 0.6) is 5.75 Å². The second kappa shape index (κ2) is 9.05. The van der Waals surface area contributed by atoms with Gasteiger partial charge in [0.2, 0.25) is 5.89 Å². The molecule has 32 heavy (non-hydrogen) atoms. The van der Waals surface area contributed by atoms with Gasteiger partial charge in [0.15, 0.2) is 0 Å². The average Bonchev–Trinajstić information content (AvgIpc) is 3.29. The molecule has 166 valence electrons. The molecule has 0 saturated carbocycles. The Labute approximate surface area is 186 Å². The minimum Gasteiger partial charge on any atom is -0.508 e. The van der Waals surface area contributed by atoms with Gasteiger partial charge in [0.1, 0.15) is 11.4 Å². The normalized spacial score (nSPS) is 12.3. The van der Waals surface area contributed by atoms with E-state index < -0.39 is 10.6 Å². The monoisotopic (exact) mass is 453 g/mol. The molecule has 0 spiro atoms. The molecule has 0 saturated heterocycles. The molecule has 2 heterocycles. The molecule has 4 rings (SSSR count). The second-order valence-corrected chi connectivity index (χ2v) is 9.66. The van der Waals surface area contributed by atoms with Crippen LogP contribution >= 0.6 is 10.6 Å². The molecule has 0 aliphatic carbocycles. The number of rotatable bonds is 7. The Hall–Kier alpha value is -3.31. The van der Waals surface area contributed by atoms with Crippen molar-refractivity contribution in [2.24, 2.45) is 0 Å². The molecule has 0 aliphatic heterocycles. The topological polar surface area (TPSA) is 129 Å². The summed E-state index contributed by atoms with van der Waals surface area (Å²) in [5, 5.41) is 17.5. The highest BCUT2D eigenvalue weighted by Crippen LogP contribution is 2.47. The molecule has 0 amide bonds. The number of phenolic OH excluding ortho intramolecular Hbond substituents is 1. The van der Waals surface area contributed by atoms with Crippen LogP contribution in [0.4, 0.5) is 0 Å². The minimum atomic E-state index is -2.86. The zero-order valence-corrected chi connectivity index (χ0v) is 18.4. The number of hydrogen-bond acceptors (Lipinski definition) is 9.